The van der Waals surface area contributed by atoms with Crippen LogP contribution in [0.15, 0.2) is 12.7 Å². The molecule has 2 unspecified atom stereocenters. The highest BCUT2D eigenvalue weighted by molar-refractivity contribution is 5.13. The van der Waals surface area contributed by atoms with Crippen molar-refractivity contribution >= 4 is 0 Å². The van der Waals surface area contributed by atoms with Crippen LogP contribution in [-0.2, 0) is 0 Å². The van der Waals surface area contributed by atoms with Crippen LogP contribution in [0.5, 0.6) is 0 Å². The minimum absolute atomic E-state index is 0.152. The molecule has 11 atom stereocenters. The predicted molar refractivity (Wildman–Crippen MR) is 116 cm³/mol. The van der Waals surface area contributed by atoms with Crippen molar-refractivity contribution in [3.05, 3.63) is 12.7 Å². The molecule has 0 spiro atoms. The summed E-state index contributed by atoms with van der Waals surface area (Å²) in [5.41, 5.74) is 0.705. The molecule has 0 aromatic heterocycles. The summed E-state index contributed by atoms with van der Waals surface area (Å²) in [6.45, 7) is 13.8. The van der Waals surface area contributed by atoms with Gasteiger partial charge in [-0.2, -0.15) is 0 Å². The lowest BCUT2D eigenvalue weighted by Crippen LogP contribution is -2.62. The van der Waals surface area contributed by atoms with Crippen LogP contribution in [0, 0.1) is 52.3 Å². The Morgan fingerprint density at radius 1 is 1.00 bits per heavy atom. The molecule has 2 N–H and O–H groups in total. The molecule has 0 amide bonds. The van der Waals surface area contributed by atoms with Gasteiger partial charge in [0.2, 0.25) is 0 Å². The Bertz CT molecular complexity index is 587. The van der Waals surface area contributed by atoms with Gasteiger partial charge in [-0.05, 0) is 104 Å². The van der Waals surface area contributed by atoms with Gasteiger partial charge in [-0.1, -0.05) is 40.2 Å². The molecule has 0 saturated heterocycles. The number of aliphatic hydroxyl groups is 2. The maximum atomic E-state index is 11.7. The first kappa shape index (κ1) is 20.9. The molecule has 0 aromatic rings. The lowest BCUT2D eigenvalue weighted by Gasteiger charge is -2.64. The summed E-state index contributed by atoms with van der Waals surface area (Å²) in [7, 11) is 0. The molecule has 0 bridgehead atoms. The molecule has 4 aliphatic rings. The van der Waals surface area contributed by atoms with Gasteiger partial charge >= 0.3 is 0 Å². The molecule has 0 aromatic carbocycles. The third-order valence-corrected chi connectivity index (χ3v) is 10.7. The molecule has 0 aliphatic heterocycles. The van der Waals surface area contributed by atoms with Crippen LogP contribution in [0.2, 0.25) is 0 Å². The molecule has 0 radical (unpaired) electrons. The molecule has 160 valence electrons. The van der Waals surface area contributed by atoms with Gasteiger partial charge in [-0.3, -0.25) is 0 Å². The Kier molecular flexibility index (Phi) is 5.54. The third-order valence-electron chi connectivity index (χ3n) is 10.7. The van der Waals surface area contributed by atoms with E-state index in [9.17, 15) is 10.2 Å². The van der Waals surface area contributed by atoms with Gasteiger partial charge in [0, 0.05) is 0 Å². The van der Waals surface area contributed by atoms with E-state index in [1.165, 1.54) is 25.7 Å². The van der Waals surface area contributed by atoms with Crippen molar-refractivity contribution < 1.29 is 10.2 Å². The van der Waals surface area contributed by atoms with Gasteiger partial charge in [0.15, 0.2) is 0 Å². The number of hydrogen-bond donors (Lipinski definition) is 2. The highest BCUT2D eigenvalue weighted by Gasteiger charge is 2.64. The quantitative estimate of drug-likeness (QED) is 0.595. The molecular formula is C26H44O2. The van der Waals surface area contributed by atoms with E-state index in [-0.39, 0.29) is 12.2 Å². The average molecular weight is 389 g/mol. The largest absolute Gasteiger partial charge is 0.393 e. The average Bonchev–Trinajstić information content (AvgIpc) is 3.01. The molecule has 2 nitrogen and oxygen atoms in total. The first-order valence-electron chi connectivity index (χ1n) is 12.2. The fraction of sp³-hybridized carbons (Fsp3) is 0.923. The fourth-order valence-corrected chi connectivity index (χ4v) is 9.36. The third kappa shape index (κ3) is 2.88. The number of aliphatic hydroxyl groups excluding tert-OH is 2. The molecular weight excluding hydrogens is 344 g/mol. The summed E-state index contributed by atoms with van der Waals surface area (Å²) in [4.78, 5) is 0. The summed E-state index contributed by atoms with van der Waals surface area (Å²) >= 11 is 0. The van der Waals surface area contributed by atoms with Gasteiger partial charge in [0.1, 0.15) is 0 Å². The molecule has 28 heavy (non-hydrogen) atoms. The van der Waals surface area contributed by atoms with E-state index in [2.05, 4.69) is 40.3 Å². The van der Waals surface area contributed by atoms with Crippen molar-refractivity contribution in [2.45, 2.75) is 97.7 Å². The number of fused-ring (bicyclic) bond motifs is 5. The molecule has 4 saturated carbocycles. The standard InChI is InChI=1S/C26H44O2/c1-6-8-16(3)19-9-10-20-23-21(12-14-25(19,20)4)26(5)13-11-17(27)15-22(26)18(7-2)24(23)28/h6,16-24,27-28H,1,7-15H2,2-5H3/t16-,17-,18-,19-,20+,21+,22+,23?,24-,25-,26?/m1/s1. The maximum absolute atomic E-state index is 11.7. The van der Waals surface area contributed by atoms with Gasteiger partial charge in [-0.15, -0.1) is 6.58 Å². The number of allylic oxidation sites excluding steroid dienone is 1. The van der Waals surface area contributed by atoms with Gasteiger partial charge in [0.05, 0.1) is 12.2 Å². The highest BCUT2D eigenvalue weighted by Crippen LogP contribution is 2.69. The lowest BCUT2D eigenvalue weighted by molar-refractivity contribution is -0.203. The first-order chi connectivity index (χ1) is 13.3. The summed E-state index contributed by atoms with van der Waals surface area (Å²) in [5, 5.41) is 22.1. The molecule has 4 rings (SSSR count). The second-order valence-electron chi connectivity index (χ2n) is 11.6. The SMILES string of the molecule is C=CC[C@@H](C)[C@H]1CC[C@H]2C3[C@H](O)[C@H](CC)[C@@H]4C[C@H](O)CCC4(C)[C@H]3CC[C@]12C. The van der Waals surface area contributed by atoms with Gasteiger partial charge in [0.25, 0.3) is 0 Å². The predicted octanol–water partition coefficient (Wildman–Crippen LogP) is 5.83. The van der Waals surface area contributed by atoms with E-state index in [1.807, 2.05) is 0 Å². The second kappa shape index (κ2) is 7.41. The summed E-state index contributed by atoms with van der Waals surface area (Å²) in [6, 6.07) is 0. The van der Waals surface area contributed by atoms with E-state index in [4.69, 9.17) is 0 Å². The van der Waals surface area contributed by atoms with E-state index in [1.54, 1.807) is 0 Å². The Labute approximate surface area is 173 Å². The monoisotopic (exact) mass is 388 g/mol. The maximum Gasteiger partial charge on any atom is 0.0605 e. The van der Waals surface area contributed by atoms with Crippen molar-refractivity contribution in [2.75, 3.05) is 0 Å². The van der Waals surface area contributed by atoms with E-state index >= 15 is 0 Å². The normalized spacial score (nSPS) is 54.4. The van der Waals surface area contributed by atoms with Crippen LogP contribution in [-0.4, -0.2) is 22.4 Å². The van der Waals surface area contributed by atoms with Crippen LogP contribution in [0.25, 0.3) is 0 Å². The number of hydrogen-bond acceptors (Lipinski definition) is 2. The summed E-state index contributed by atoms with van der Waals surface area (Å²) < 4.78 is 0. The van der Waals surface area contributed by atoms with Crippen molar-refractivity contribution in [1.82, 2.24) is 0 Å². The smallest absolute Gasteiger partial charge is 0.0605 e. The second-order valence-corrected chi connectivity index (χ2v) is 11.6. The van der Waals surface area contributed by atoms with Gasteiger partial charge in [-0.25, -0.2) is 0 Å². The first-order valence-corrected chi connectivity index (χ1v) is 12.2. The summed E-state index contributed by atoms with van der Waals surface area (Å²) in [5.74, 6) is 4.15. The van der Waals surface area contributed by atoms with E-state index in [0.717, 1.165) is 38.0 Å². The van der Waals surface area contributed by atoms with Crippen molar-refractivity contribution in [2.24, 2.45) is 52.3 Å². The molecule has 4 fully saturated rings. The lowest BCUT2D eigenvalue weighted by atomic mass is 9.41. The van der Waals surface area contributed by atoms with Gasteiger partial charge < -0.3 is 10.2 Å². The zero-order valence-electron chi connectivity index (χ0n) is 18.7. The minimum atomic E-state index is -0.170. The molecule has 0 heterocycles. The van der Waals surface area contributed by atoms with Crippen LogP contribution in [0.3, 0.4) is 0 Å². The highest BCUT2D eigenvalue weighted by atomic mass is 16.3. The molecule has 2 heteroatoms. The van der Waals surface area contributed by atoms with Crippen molar-refractivity contribution in [1.29, 1.82) is 0 Å². The van der Waals surface area contributed by atoms with Crippen LogP contribution < -0.4 is 0 Å². The molecule has 4 aliphatic carbocycles. The zero-order valence-corrected chi connectivity index (χ0v) is 18.7. The topological polar surface area (TPSA) is 40.5 Å². The minimum Gasteiger partial charge on any atom is -0.393 e. The summed E-state index contributed by atoms with van der Waals surface area (Å²) in [6.07, 6.45) is 12.2. The van der Waals surface area contributed by atoms with Crippen LogP contribution >= 0.6 is 0 Å². The van der Waals surface area contributed by atoms with E-state index in [0.29, 0.717) is 46.3 Å². The Morgan fingerprint density at radius 3 is 2.36 bits per heavy atom. The zero-order chi connectivity index (χ0) is 20.3. The number of rotatable bonds is 4. The van der Waals surface area contributed by atoms with Crippen molar-refractivity contribution in [3.63, 3.8) is 0 Å². The Morgan fingerprint density at radius 2 is 1.68 bits per heavy atom. The fourth-order valence-electron chi connectivity index (χ4n) is 9.36. The van der Waals surface area contributed by atoms with Crippen LogP contribution in [0.1, 0.15) is 85.5 Å². The van der Waals surface area contributed by atoms with E-state index < -0.39 is 0 Å². The Hall–Kier alpha value is -0.340. The van der Waals surface area contributed by atoms with Crippen LogP contribution in [0.4, 0.5) is 0 Å². The Balaban J connectivity index is 1.67. The van der Waals surface area contributed by atoms with Crippen molar-refractivity contribution in [3.8, 4) is 0 Å².